The van der Waals surface area contributed by atoms with E-state index >= 15 is 0 Å². The van der Waals surface area contributed by atoms with Crippen LogP contribution in [0.1, 0.15) is 65.6 Å². The first-order valence-electron chi connectivity index (χ1n) is 7.74. The van der Waals surface area contributed by atoms with Gasteiger partial charge in [0.1, 0.15) is 17.5 Å². The van der Waals surface area contributed by atoms with Gasteiger partial charge in [-0.3, -0.25) is 0 Å². The van der Waals surface area contributed by atoms with Gasteiger partial charge in [-0.15, -0.1) is 0 Å². The normalized spacial score (nSPS) is 18.2. The van der Waals surface area contributed by atoms with Crippen LogP contribution in [-0.2, 0) is 5.41 Å². The molecule has 0 spiro atoms. The highest BCUT2D eigenvalue weighted by molar-refractivity contribution is 5.45. The van der Waals surface area contributed by atoms with E-state index in [9.17, 15) is 0 Å². The number of hydrogen-bond acceptors (Lipinski definition) is 4. The van der Waals surface area contributed by atoms with Crippen molar-refractivity contribution in [3.8, 4) is 0 Å². The zero-order chi connectivity index (χ0) is 14.8. The van der Waals surface area contributed by atoms with Crippen LogP contribution in [0.3, 0.4) is 0 Å². The second-order valence-electron chi connectivity index (χ2n) is 7.17. The fourth-order valence-electron chi connectivity index (χ4n) is 2.95. The summed E-state index contributed by atoms with van der Waals surface area (Å²) in [5.74, 6) is 2.21. The van der Waals surface area contributed by atoms with Gasteiger partial charge in [-0.1, -0.05) is 40.5 Å². The lowest BCUT2D eigenvalue weighted by atomic mass is 9.83. The van der Waals surface area contributed by atoms with Gasteiger partial charge < -0.3 is 11.1 Å². The van der Waals surface area contributed by atoms with Crippen LogP contribution in [0.15, 0.2) is 6.07 Å². The third-order valence-corrected chi connectivity index (χ3v) is 4.48. The number of nitrogens with zero attached hydrogens (tertiary/aromatic N) is 2. The average molecular weight is 276 g/mol. The van der Waals surface area contributed by atoms with Gasteiger partial charge in [0.15, 0.2) is 0 Å². The predicted octanol–water partition coefficient (Wildman–Crippen LogP) is 3.74. The molecule has 112 valence electrons. The van der Waals surface area contributed by atoms with Crippen molar-refractivity contribution in [1.82, 2.24) is 9.97 Å². The molecular weight excluding hydrogens is 248 g/mol. The highest BCUT2D eigenvalue weighted by Gasteiger charge is 2.31. The van der Waals surface area contributed by atoms with Crippen molar-refractivity contribution >= 4 is 11.6 Å². The molecule has 1 saturated carbocycles. The van der Waals surface area contributed by atoms with Crippen LogP contribution in [0.25, 0.3) is 0 Å². The molecule has 0 aliphatic heterocycles. The van der Waals surface area contributed by atoms with E-state index in [0.717, 1.165) is 18.2 Å². The van der Waals surface area contributed by atoms with Crippen molar-refractivity contribution < 1.29 is 0 Å². The molecule has 3 N–H and O–H groups in total. The summed E-state index contributed by atoms with van der Waals surface area (Å²) in [7, 11) is 0. The maximum absolute atomic E-state index is 5.91. The molecule has 0 amide bonds. The maximum Gasteiger partial charge on any atom is 0.138 e. The molecular formula is C16H28N4. The van der Waals surface area contributed by atoms with Crippen LogP contribution in [0, 0.1) is 5.41 Å². The van der Waals surface area contributed by atoms with Crippen LogP contribution in [0.5, 0.6) is 0 Å². The second kappa shape index (κ2) is 5.58. The maximum atomic E-state index is 5.91. The Kier molecular flexibility index (Phi) is 4.21. The zero-order valence-corrected chi connectivity index (χ0v) is 13.3. The third-order valence-electron chi connectivity index (χ3n) is 4.48. The van der Waals surface area contributed by atoms with Crippen molar-refractivity contribution in [2.45, 2.75) is 65.2 Å². The van der Waals surface area contributed by atoms with E-state index in [1.165, 1.54) is 32.1 Å². The Balaban J connectivity index is 2.11. The minimum absolute atomic E-state index is 0.0817. The van der Waals surface area contributed by atoms with Gasteiger partial charge in [0, 0.05) is 18.0 Å². The van der Waals surface area contributed by atoms with Gasteiger partial charge in [-0.05, 0) is 24.7 Å². The quantitative estimate of drug-likeness (QED) is 0.879. The van der Waals surface area contributed by atoms with Crippen LogP contribution >= 0.6 is 0 Å². The summed E-state index contributed by atoms with van der Waals surface area (Å²) in [6, 6.07) is 1.84. The zero-order valence-electron chi connectivity index (χ0n) is 13.3. The monoisotopic (exact) mass is 276 g/mol. The lowest BCUT2D eigenvalue weighted by Gasteiger charge is -2.28. The number of aromatic nitrogens is 2. The SMILES string of the molecule is CCC1(CNc2cc(N)nc(C(C)(C)C)n2)CCCC1. The number of nitrogen functional groups attached to an aromatic ring is 1. The van der Waals surface area contributed by atoms with Crippen molar-refractivity contribution in [1.29, 1.82) is 0 Å². The third kappa shape index (κ3) is 3.41. The number of rotatable bonds is 4. The number of anilines is 2. The Hall–Kier alpha value is -1.32. The van der Waals surface area contributed by atoms with E-state index < -0.39 is 0 Å². The topological polar surface area (TPSA) is 63.8 Å². The van der Waals surface area contributed by atoms with Gasteiger partial charge >= 0.3 is 0 Å². The number of nitrogens with two attached hydrogens (primary N) is 1. The lowest BCUT2D eigenvalue weighted by Crippen LogP contribution is -2.27. The summed E-state index contributed by atoms with van der Waals surface area (Å²) in [6.07, 6.45) is 6.59. The van der Waals surface area contributed by atoms with Gasteiger partial charge in [-0.25, -0.2) is 9.97 Å². The smallest absolute Gasteiger partial charge is 0.138 e. The molecule has 0 atom stereocenters. The van der Waals surface area contributed by atoms with E-state index in [-0.39, 0.29) is 5.41 Å². The van der Waals surface area contributed by atoms with Gasteiger partial charge in [-0.2, -0.15) is 0 Å². The molecule has 4 nitrogen and oxygen atoms in total. The van der Waals surface area contributed by atoms with Crippen molar-refractivity contribution in [2.75, 3.05) is 17.6 Å². The molecule has 1 aliphatic carbocycles. The molecule has 1 fully saturated rings. The first-order valence-corrected chi connectivity index (χ1v) is 7.74. The summed E-state index contributed by atoms with van der Waals surface area (Å²) in [4.78, 5) is 8.98. The average Bonchev–Trinajstić information content (AvgIpc) is 2.84. The molecule has 1 aromatic heterocycles. The van der Waals surface area contributed by atoms with E-state index in [1.807, 2.05) is 6.07 Å². The largest absolute Gasteiger partial charge is 0.384 e. The predicted molar refractivity (Wildman–Crippen MR) is 84.8 cm³/mol. The van der Waals surface area contributed by atoms with E-state index in [0.29, 0.717) is 11.2 Å². The van der Waals surface area contributed by atoms with E-state index in [4.69, 9.17) is 5.73 Å². The lowest BCUT2D eigenvalue weighted by molar-refractivity contribution is 0.306. The highest BCUT2D eigenvalue weighted by Crippen LogP contribution is 2.40. The minimum atomic E-state index is -0.0817. The van der Waals surface area contributed by atoms with E-state index in [1.54, 1.807) is 0 Å². The van der Waals surface area contributed by atoms with Crippen LogP contribution in [-0.4, -0.2) is 16.5 Å². The van der Waals surface area contributed by atoms with Crippen LogP contribution in [0.2, 0.25) is 0 Å². The summed E-state index contributed by atoms with van der Waals surface area (Å²) < 4.78 is 0. The fourth-order valence-corrected chi connectivity index (χ4v) is 2.95. The molecule has 1 aliphatic rings. The number of hydrogen-bond donors (Lipinski definition) is 2. The molecule has 4 heteroatoms. The Morgan fingerprint density at radius 2 is 1.90 bits per heavy atom. The molecule has 0 unspecified atom stereocenters. The fraction of sp³-hybridized carbons (Fsp3) is 0.750. The Labute approximate surface area is 122 Å². The Morgan fingerprint density at radius 3 is 2.45 bits per heavy atom. The van der Waals surface area contributed by atoms with Crippen molar-refractivity contribution in [3.05, 3.63) is 11.9 Å². The Morgan fingerprint density at radius 1 is 1.25 bits per heavy atom. The minimum Gasteiger partial charge on any atom is -0.384 e. The summed E-state index contributed by atoms with van der Waals surface area (Å²) >= 11 is 0. The molecule has 0 aromatic carbocycles. The highest BCUT2D eigenvalue weighted by atomic mass is 15.1. The van der Waals surface area contributed by atoms with Crippen molar-refractivity contribution in [2.24, 2.45) is 5.41 Å². The Bertz CT molecular complexity index is 456. The van der Waals surface area contributed by atoms with Gasteiger partial charge in [0.05, 0.1) is 0 Å². The molecule has 0 bridgehead atoms. The van der Waals surface area contributed by atoms with E-state index in [2.05, 4.69) is 43.0 Å². The molecule has 20 heavy (non-hydrogen) atoms. The van der Waals surface area contributed by atoms with Crippen molar-refractivity contribution in [3.63, 3.8) is 0 Å². The summed E-state index contributed by atoms with van der Waals surface area (Å²) in [6.45, 7) is 9.60. The standard InChI is InChI=1S/C16H28N4/c1-5-16(8-6-7-9-16)11-18-13-10-12(17)19-14(20-13)15(2,3)4/h10H,5-9,11H2,1-4H3,(H3,17,18,19,20). The van der Waals surface area contributed by atoms with Gasteiger partial charge in [0.2, 0.25) is 0 Å². The van der Waals surface area contributed by atoms with Gasteiger partial charge in [0.25, 0.3) is 0 Å². The summed E-state index contributed by atoms with van der Waals surface area (Å²) in [5.41, 5.74) is 6.28. The molecule has 0 saturated heterocycles. The molecule has 2 rings (SSSR count). The molecule has 0 radical (unpaired) electrons. The van der Waals surface area contributed by atoms with Crippen LogP contribution in [0.4, 0.5) is 11.6 Å². The summed E-state index contributed by atoms with van der Waals surface area (Å²) in [5, 5.41) is 3.50. The second-order valence-corrected chi connectivity index (χ2v) is 7.17. The molecule has 1 aromatic rings. The number of nitrogens with one attached hydrogen (secondary N) is 1. The first-order chi connectivity index (χ1) is 9.35. The van der Waals surface area contributed by atoms with Crippen LogP contribution < -0.4 is 11.1 Å². The molecule has 1 heterocycles. The first kappa shape index (κ1) is 15.1.